The number of rotatable bonds is 1. The van der Waals surface area contributed by atoms with E-state index in [1.54, 1.807) is 16.9 Å². The molecule has 3 aromatic rings. The van der Waals surface area contributed by atoms with Gasteiger partial charge in [0.05, 0.1) is 5.69 Å². The first kappa shape index (κ1) is 8.05. The lowest BCUT2D eigenvalue weighted by molar-refractivity contribution is 0.939. The molecule has 0 atom stereocenters. The highest BCUT2D eigenvalue weighted by atomic mass is 15.3. The average Bonchev–Trinajstić information content (AvgIpc) is 2.77. The Hall–Kier alpha value is -2.30. The summed E-state index contributed by atoms with van der Waals surface area (Å²) in [6, 6.07) is 5.75. The molecular weight excluding hydrogens is 190 g/mol. The molecule has 0 aliphatic rings. The van der Waals surface area contributed by atoms with Gasteiger partial charge in [-0.15, -0.1) is 0 Å². The molecule has 3 heterocycles. The molecule has 0 aliphatic heterocycles. The third kappa shape index (κ3) is 1.34. The Balaban J connectivity index is 2.19. The van der Waals surface area contributed by atoms with Gasteiger partial charge < -0.3 is 0 Å². The molecule has 0 aliphatic carbocycles. The lowest BCUT2D eigenvalue weighted by Gasteiger charge is -1.99. The van der Waals surface area contributed by atoms with Gasteiger partial charge in [0.1, 0.15) is 6.33 Å². The summed E-state index contributed by atoms with van der Waals surface area (Å²) in [7, 11) is 0. The minimum Gasteiger partial charge on any atom is -0.256 e. The second-order valence-electron chi connectivity index (χ2n) is 3.06. The van der Waals surface area contributed by atoms with Crippen molar-refractivity contribution in [2.45, 2.75) is 0 Å². The molecule has 0 bridgehead atoms. The number of pyridine rings is 1. The highest BCUT2D eigenvalue weighted by Crippen LogP contribution is 2.14. The second-order valence-corrected chi connectivity index (χ2v) is 3.06. The van der Waals surface area contributed by atoms with Gasteiger partial charge in [-0.25, -0.2) is 9.50 Å². The van der Waals surface area contributed by atoms with E-state index in [4.69, 9.17) is 0 Å². The van der Waals surface area contributed by atoms with Crippen LogP contribution in [0.5, 0.6) is 0 Å². The van der Waals surface area contributed by atoms with Crippen LogP contribution in [-0.2, 0) is 0 Å². The number of nitrogens with zero attached hydrogens (tertiary/aromatic N) is 5. The van der Waals surface area contributed by atoms with Gasteiger partial charge in [-0.1, -0.05) is 6.07 Å². The van der Waals surface area contributed by atoms with Crippen LogP contribution in [0.1, 0.15) is 0 Å². The van der Waals surface area contributed by atoms with E-state index in [0.717, 1.165) is 11.3 Å². The quantitative estimate of drug-likeness (QED) is 0.588. The van der Waals surface area contributed by atoms with Crippen LogP contribution in [0.15, 0.2) is 43.1 Å². The van der Waals surface area contributed by atoms with Crippen molar-refractivity contribution in [2.24, 2.45) is 0 Å². The van der Waals surface area contributed by atoms with E-state index >= 15 is 0 Å². The van der Waals surface area contributed by atoms with Gasteiger partial charge in [0.2, 0.25) is 0 Å². The molecule has 0 fully saturated rings. The topological polar surface area (TPSA) is 56.0 Å². The van der Waals surface area contributed by atoms with Crippen LogP contribution in [0.4, 0.5) is 0 Å². The van der Waals surface area contributed by atoms with Gasteiger partial charge in [-0.3, -0.25) is 4.98 Å². The third-order valence-corrected chi connectivity index (χ3v) is 2.10. The fourth-order valence-corrected chi connectivity index (χ4v) is 1.39. The van der Waals surface area contributed by atoms with Crippen LogP contribution >= 0.6 is 0 Å². The van der Waals surface area contributed by atoms with E-state index < -0.39 is 0 Å². The predicted molar refractivity (Wildman–Crippen MR) is 54.0 cm³/mol. The molecule has 5 heteroatoms. The Labute approximate surface area is 85.5 Å². The maximum absolute atomic E-state index is 4.24. The first-order valence-corrected chi connectivity index (χ1v) is 4.50. The highest BCUT2D eigenvalue weighted by Gasteiger charge is 2.01. The molecule has 72 valence electrons. The van der Waals surface area contributed by atoms with Gasteiger partial charge in [-0.2, -0.15) is 10.1 Å². The van der Waals surface area contributed by atoms with Crippen molar-refractivity contribution in [2.75, 3.05) is 0 Å². The highest BCUT2D eigenvalue weighted by molar-refractivity contribution is 5.57. The summed E-state index contributed by atoms with van der Waals surface area (Å²) >= 11 is 0. The van der Waals surface area contributed by atoms with Crippen molar-refractivity contribution in [3.63, 3.8) is 0 Å². The molecule has 3 aromatic heterocycles. The summed E-state index contributed by atoms with van der Waals surface area (Å²) in [6.07, 6.45) is 6.83. The molecule has 0 radical (unpaired) electrons. The van der Waals surface area contributed by atoms with E-state index in [1.807, 2.05) is 24.4 Å². The monoisotopic (exact) mass is 197 g/mol. The summed E-state index contributed by atoms with van der Waals surface area (Å²) in [5.41, 5.74) is 1.80. The summed E-state index contributed by atoms with van der Waals surface area (Å²) in [6.45, 7) is 0. The summed E-state index contributed by atoms with van der Waals surface area (Å²) < 4.78 is 1.63. The van der Waals surface area contributed by atoms with Gasteiger partial charge in [0, 0.05) is 24.2 Å². The van der Waals surface area contributed by atoms with Gasteiger partial charge in [0.15, 0.2) is 0 Å². The number of fused-ring (bicyclic) bond motifs is 1. The zero-order valence-electron chi connectivity index (χ0n) is 7.78. The lowest BCUT2D eigenvalue weighted by Crippen LogP contribution is -1.92. The smallest absolute Gasteiger partial charge is 0.252 e. The molecular formula is C10H7N5. The van der Waals surface area contributed by atoms with Crippen molar-refractivity contribution in [1.29, 1.82) is 0 Å². The second kappa shape index (κ2) is 3.13. The Morgan fingerprint density at radius 1 is 1.07 bits per heavy atom. The van der Waals surface area contributed by atoms with E-state index in [1.165, 1.54) is 6.33 Å². The molecule has 0 saturated heterocycles. The Morgan fingerprint density at radius 2 is 2.07 bits per heavy atom. The normalized spacial score (nSPS) is 10.7. The Kier molecular flexibility index (Phi) is 1.68. The molecule has 0 unspecified atom stereocenters. The van der Waals surface area contributed by atoms with Crippen LogP contribution in [-0.4, -0.2) is 24.6 Å². The van der Waals surface area contributed by atoms with E-state index in [0.29, 0.717) is 5.78 Å². The summed E-state index contributed by atoms with van der Waals surface area (Å²) in [5.74, 6) is 0.592. The minimum atomic E-state index is 0.592. The van der Waals surface area contributed by atoms with Crippen LogP contribution in [0.2, 0.25) is 0 Å². The predicted octanol–water partition coefficient (Wildman–Crippen LogP) is 1.19. The Morgan fingerprint density at radius 3 is 2.93 bits per heavy atom. The summed E-state index contributed by atoms with van der Waals surface area (Å²) in [5, 5.41) is 4.02. The molecule has 0 saturated carbocycles. The van der Waals surface area contributed by atoms with Gasteiger partial charge in [0.25, 0.3) is 5.78 Å². The fraction of sp³-hybridized carbons (Fsp3) is 0. The summed E-state index contributed by atoms with van der Waals surface area (Å²) in [4.78, 5) is 12.4. The molecule has 5 nitrogen and oxygen atoms in total. The molecule has 3 rings (SSSR count). The van der Waals surface area contributed by atoms with E-state index in [9.17, 15) is 0 Å². The van der Waals surface area contributed by atoms with Crippen molar-refractivity contribution in [3.8, 4) is 11.3 Å². The first-order chi connectivity index (χ1) is 7.43. The number of hydrogen-bond acceptors (Lipinski definition) is 4. The van der Waals surface area contributed by atoms with Gasteiger partial charge >= 0.3 is 0 Å². The van der Waals surface area contributed by atoms with Crippen molar-refractivity contribution < 1.29 is 0 Å². The SMILES string of the molecule is c1ccc(-c2cnc3ncnn3c2)nc1. The fourth-order valence-electron chi connectivity index (χ4n) is 1.39. The number of aromatic nitrogens is 5. The molecule has 0 spiro atoms. The maximum atomic E-state index is 4.24. The van der Waals surface area contributed by atoms with Gasteiger partial charge in [-0.05, 0) is 12.1 Å². The zero-order valence-corrected chi connectivity index (χ0v) is 7.78. The molecule has 0 N–H and O–H groups in total. The Bertz CT molecular complexity index is 587. The van der Waals surface area contributed by atoms with Crippen LogP contribution < -0.4 is 0 Å². The van der Waals surface area contributed by atoms with Crippen molar-refractivity contribution in [1.82, 2.24) is 24.6 Å². The maximum Gasteiger partial charge on any atom is 0.252 e. The third-order valence-electron chi connectivity index (χ3n) is 2.10. The zero-order chi connectivity index (χ0) is 10.1. The van der Waals surface area contributed by atoms with Crippen LogP contribution in [0.3, 0.4) is 0 Å². The van der Waals surface area contributed by atoms with Crippen molar-refractivity contribution in [3.05, 3.63) is 43.1 Å². The standard InChI is InChI=1S/C10H7N5/c1-2-4-11-9(3-1)8-5-12-10-13-7-14-15(10)6-8/h1-7H. The van der Waals surface area contributed by atoms with E-state index in [-0.39, 0.29) is 0 Å². The van der Waals surface area contributed by atoms with Crippen molar-refractivity contribution >= 4 is 5.78 Å². The van der Waals surface area contributed by atoms with Crippen LogP contribution in [0.25, 0.3) is 17.0 Å². The minimum absolute atomic E-state index is 0.592. The lowest BCUT2D eigenvalue weighted by atomic mass is 10.2. The first-order valence-electron chi connectivity index (χ1n) is 4.50. The molecule has 15 heavy (non-hydrogen) atoms. The van der Waals surface area contributed by atoms with E-state index in [2.05, 4.69) is 20.1 Å². The number of hydrogen-bond donors (Lipinski definition) is 0. The largest absolute Gasteiger partial charge is 0.256 e. The molecule has 0 aromatic carbocycles. The van der Waals surface area contributed by atoms with Crippen LogP contribution in [0, 0.1) is 0 Å². The molecule has 0 amide bonds. The average molecular weight is 197 g/mol.